The molecular formula is C20H13N3O. The SMILES string of the molecule is Nc1nc2ccccc2nc1-c1ccc2oc3ccccc3c2c1. The van der Waals surface area contributed by atoms with Crippen molar-refractivity contribution in [3.63, 3.8) is 0 Å². The minimum Gasteiger partial charge on any atom is -0.456 e. The molecule has 2 aromatic heterocycles. The Morgan fingerprint density at radius 2 is 1.42 bits per heavy atom. The Bertz CT molecular complexity index is 1220. The number of anilines is 1. The number of furan rings is 1. The average Bonchev–Trinajstić information content (AvgIpc) is 2.99. The Morgan fingerprint density at radius 1 is 0.708 bits per heavy atom. The van der Waals surface area contributed by atoms with Gasteiger partial charge in [-0.1, -0.05) is 30.3 Å². The summed E-state index contributed by atoms with van der Waals surface area (Å²) >= 11 is 0. The van der Waals surface area contributed by atoms with Gasteiger partial charge >= 0.3 is 0 Å². The van der Waals surface area contributed by atoms with Crippen LogP contribution in [0.2, 0.25) is 0 Å². The minimum absolute atomic E-state index is 0.431. The van der Waals surface area contributed by atoms with Crippen LogP contribution in [0.4, 0.5) is 5.82 Å². The molecular weight excluding hydrogens is 298 g/mol. The molecule has 0 atom stereocenters. The smallest absolute Gasteiger partial charge is 0.150 e. The molecule has 4 heteroatoms. The molecule has 0 unspecified atom stereocenters. The van der Waals surface area contributed by atoms with Crippen LogP contribution in [0.3, 0.4) is 0 Å². The maximum atomic E-state index is 6.15. The van der Waals surface area contributed by atoms with E-state index in [1.165, 1.54) is 0 Å². The predicted molar refractivity (Wildman–Crippen MR) is 96.7 cm³/mol. The van der Waals surface area contributed by atoms with E-state index in [-0.39, 0.29) is 0 Å². The molecule has 0 fully saturated rings. The normalized spacial score (nSPS) is 11.5. The lowest BCUT2D eigenvalue weighted by molar-refractivity contribution is 0.669. The third-order valence-electron chi connectivity index (χ3n) is 4.25. The van der Waals surface area contributed by atoms with Crippen LogP contribution in [0.15, 0.2) is 71.1 Å². The van der Waals surface area contributed by atoms with Crippen LogP contribution >= 0.6 is 0 Å². The number of benzene rings is 3. The summed E-state index contributed by atoms with van der Waals surface area (Å²) in [6.45, 7) is 0. The summed E-state index contributed by atoms with van der Waals surface area (Å²) in [7, 11) is 0. The molecule has 2 heterocycles. The highest BCUT2D eigenvalue weighted by Gasteiger charge is 2.12. The maximum Gasteiger partial charge on any atom is 0.150 e. The summed E-state index contributed by atoms with van der Waals surface area (Å²) in [5.41, 5.74) is 11.1. The van der Waals surface area contributed by atoms with Gasteiger partial charge in [0.2, 0.25) is 0 Å². The van der Waals surface area contributed by atoms with Gasteiger partial charge in [0.05, 0.1) is 11.0 Å². The van der Waals surface area contributed by atoms with Crippen molar-refractivity contribution in [3.05, 3.63) is 66.7 Å². The van der Waals surface area contributed by atoms with Crippen molar-refractivity contribution in [2.24, 2.45) is 0 Å². The van der Waals surface area contributed by atoms with Gasteiger partial charge in [-0.3, -0.25) is 0 Å². The first-order valence-electron chi connectivity index (χ1n) is 7.73. The molecule has 0 saturated carbocycles. The van der Waals surface area contributed by atoms with Crippen LogP contribution in [0.1, 0.15) is 0 Å². The number of nitrogen functional groups attached to an aromatic ring is 1. The average molecular weight is 311 g/mol. The van der Waals surface area contributed by atoms with Gasteiger partial charge in [-0.25, -0.2) is 9.97 Å². The van der Waals surface area contributed by atoms with Crippen molar-refractivity contribution in [2.75, 3.05) is 5.73 Å². The lowest BCUT2D eigenvalue weighted by Gasteiger charge is -2.06. The summed E-state index contributed by atoms with van der Waals surface area (Å²) in [6, 6.07) is 21.7. The molecule has 4 nitrogen and oxygen atoms in total. The lowest BCUT2D eigenvalue weighted by atomic mass is 10.1. The van der Waals surface area contributed by atoms with Gasteiger partial charge in [-0.2, -0.15) is 0 Å². The molecule has 2 N–H and O–H groups in total. The van der Waals surface area contributed by atoms with Crippen molar-refractivity contribution in [1.29, 1.82) is 0 Å². The highest BCUT2D eigenvalue weighted by atomic mass is 16.3. The summed E-state index contributed by atoms with van der Waals surface area (Å²) < 4.78 is 5.88. The van der Waals surface area contributed by atoms with Crippen molar-refractivity contribution in [3.8, 4) is 11.3 Å². The molecule has 0 radical (unpaired) electrons. The second kappa shape index (κ2) is 4.80. The summed E-state index contributed by atoms with van der Waals surface area (Å²) in [5.74, 6) is 0.431. The van der Waals surface area contributed by atoms with E-state index in [2.05, 4.69) is 17.1 Å². The van der Waals surface area contributed by atoms with Gasteiger partial charge in [-0.15, -0.1) is 0 Å². The summed E-state index contributed by atoms with van der Waals surface area (Å²) in [4.78, 5) is 9.17. The van der Waals surface area contributed by atoms with E-state index >= 15 is 0 Å². The minimum atomic E-state index is 0.431. The van der Waals surface area contributed by atoms with Gasteiger partial charge in [0.15, 0.2) is 5.82 Å². The van der Waals surface area contributed by atoms with Crippen molar-refractivity contribution < 1.29 is 4.42 Å². The highest BCUT2D eigenvalue weighted by Crippen LogP contribution is 2.33. The maximum absolute atomic E-state index is 6.15. The Kier molecular flexibility index (Phi) is 2.61. The van der Waals surface area contributed by atoms with Crippen LogP contribution < -0.4 is 5.73 Å². The van der Waals surface area contributed by atoms with E-state index in [1.54, 1.807) is 0 Å². The summed E-state index contributed by atoms with van der Waals surface area (Å²) in [5, 5.41) is 2.14. The molecule has 0 aliphatic heterocycles. The van der Waals surface area contributed by atoms with Gasteiger partial charge in [0, 0.05) is 16.3 Å². The summed E-state index contributed by atoms with van der Waals surface area (Å²) in [6.07, 6.45) is 0. The number of hydrogen-bond acceptors (Lipinski definition) is 4. The largest absolute Gasteiger partial charge is 0.456 e. The van der Waals surface area contributed by atoms with Gasteiger partial charge < -0.3 is 10.2 Å². The Balaban J connectivity index is 1.79. The quantitative estimate of drug-likeness (QED) is 0.484. The van der Waals surface area contributed by atoms with E-state index in [0.29, 0.717) is 11.5 Å². The Morgan fingerprint density at radius 3 is 2.29 bits per heavy atom. The Hall–Kier alpha value is -3.40. The number of para-hydroxylation sites is 3. The van der Waals surface area contributed by atoms with Gasteiger partial charge in [0.1, 0.15) is 16.9 Å². The molecule has 0 aliphatic rings. The van der Waals surface area contributed by atoms with E-state index in [0.717, 1.165) is 38.5 Å². The fourth-order valence-electron chi connectivity index (χ4n) is 3.10. The first-order valence-corrected chi connectivity index (χ1v) is 7.73. The van der Waals surface area contributed by atoms with Crippen LogP contribution in [0.5, 0.6) is 0 Å². The van der Waals surface area contributed by atoms with E-state index < -0.39 is 0 Å². The third-order valence-corrected chi connectivity index (χ3v) is 4.25. The number of nitrogens with two attached hydrogens (primary N) is 1. The van der Waals surface area contributed by atoms with Crippen LogP contribution in [-0.4, -0.2) is 9.97 Å². The topological polar surface area (TPSA) is 64.9 Å². The number of nitrogens with zero attached hydrogens (tertiary/aromatic N) is 2. The fraction of sp³-hybridized carbons (Fsp3) is 0. The van der Waals surface area contributed by atoms with Crippen LogP contribution in [0.25, 0.3) is 44.2 Å². The standard InChI is InChI=1S/C20H13N3O/c21-20-19(22-15-6-2-3-7-16(15)23-20)12-9-10-18-14(11-12)13-5-1-4-8-17(13)24-18/h1-11H,(H2,21,23). The van der Waals surface area contributed by atoms with E-state index in [1.807, 2.05) is 54.6 Å². The zero-order valence-corrected chi connectivity index (χ0v) is 12.7. The number of fused-ring (bicyclic) bond motifs is 4. The number of hydrogen-bond donors (Lipinski definition) is 1. The molecule has 0 saturated heterocycles. The Labute approximate surface area is 137 Å². The van der Waals surface area contributed by atoms with Gasteiger partial charge in [0.25, 0.3) is 0 Å². The molecule has 0 aliphatic carbocycles. The van der Waals surface area contributed by atoms with Crippen LogP contribution in [-0.2, 0) is 0 Å². The van der Waals surface area contributed by atoms with Crippen molar-refractivity contribution in [2.45, 2.75) is 0 Å². The first-order chi connectivity index (χ1) is 11.8. The highest BCUT2D eigenvalue weighted by molar-refractivity contribution is 6.06. The predicted octanol–water partition coefficient (Wildman–Crippen LogP) is 4.78. The van der Waals surface area contributed by atoms with Crippen molar-refractivity contribution >= 4 is 38.8 Å². The first kappa shape index (κ1) is 13.1. The molecule has 0 amide bonds. The molecule has 3 aromatic carbocycles. The van der Waals surface area contributed by atoms with Crippen LogP contribution in [0, 0.1) is 0 Å². The van der Waals surface area contributed by atoms with Gasteiger partial charge in [-0.05, 0) is 36.4 Å². The van der Waals surface area contributed by atoms with Crippen molar-refractivity contribution in [1.82, 2.24) is 9.97 Å². The second-order valence-corrected chi connectivity index (χ2v) is 5.76. The zero-order valence-electron chi connectivity index (χ0n) is 12.7. The molecule has 0 bridgehead atoms. The van der Waals surface area contributed by atoms with E-state index in [4.69, 9.17) is 15.1 Å². The molecule has 114 valence electrons. The molecule has 24 heavy (non-hydrogen) atoms. The third kappa shape index (κ3) is 1.86. The zero-order chi connectivity index (χ0) is 16.1. The monoisotopic (exact) mass is 311 g/mol. The van der Waals surface area contributed by atoms with E-state index in [9.17, 15) is 0 Å². The lowest BCUT2D eigenvalue weighted by Crippen LogP contribution is -1.98. The fourth-order valence-corrected chi connectivity index (χ4v) is 3.10. The molecule has 0 spiro atoms. The second-order valence-electron chi connectivity index (χ2n) is 5.76. The number of aromatic nitrogens is 2. The molecule has 5 rings (SSSR count). The number of rotatable bonds is 1. The molecule has 5 aromatic rings.